The van der Waals surface area contributed by atoms with E-state index in [1.165, 1.54) is 11.3 Å². The average molecular weight is 552 g/mol. The van der Waals surface area contributed by atoms with Crippen molar-refractivity contribution in [3.8, 4) is 10.6 Å². The first-order chi connectivity index (χ1) is 17.9. The number of nitrogens with zero attached hydrogens (tertiary/aromatic N) is 6. The lowest BCUT2D eigenvalue weighted by molar-refractivity contribution is 0.00573. The zero-order valence-electron chi connectivity index (χ0n) is 20.5. The number of carbonyl (C=O) groups is 1. The highest BCUT2D eigenvalue weighted by atomic mass is 32.2. The van der Waals surface area contributed by atoms with Crippen molar-refractivity contribution >= 4 is 56.1 Å². The summed E-state index contributed by atoms with van der Waals surface area (Å²) in [5.41, 5.74) is 2.48. The number of amides is 1. The van der Waals surface area contributed by atoms with Crippen molar-refractivity contribution < 1.29 is 9.00 Å². The molecule has 190 valence electrons. The summed E-state index contributed by atoms with van der Waals surface area (Å²) >= 11 is 3.15. The summed E-state index contributed by atoms with van der Waals surface area (Å²) in [5.74, 6) is 1.52. The number of rotatable bonds is 6. The zero-order chi connectivity index (χ0) is 25.7. The molecule has 0 saturated carbocycles. The predicted octanol–water partition coefficient (Wildman–Crippen LogP) is 4.26. The fourth-order valence-electron chi connectivity index (χ4n) is 4.92. The maximum atomic E-state index is 13.2. The summed E-state index contributed by atoms with van der Waals surface area (Å²) in [6.07, 6.45) is 5.95. The number of aryl methyl sites for hydroxylation is 2. The Morgan fingerprint density at radius 1 is 1.08 bits per heavy atom. The molecule has 2 bridgehead atoms. The quantitative estimate of drug-likeness (QED) is 0.379. The highest BCUT2D eigenvalue weighted by molar-refractivity contribution is 7.84. The minimum absolute atomic E-state index is 0.0113. The van der Waals surface area contributed by atoms with Crippen LogP contribution in [-0.2, 0) is 10.8 Å². The number of piperazine rings is 1. The molecule has 3 aliphatic heterocycles. The molecule has 12 heteroatoms. The van der Waals surface area contributed by atoms with Crippen LogP contribution in [0.2, 0.25) is 0 Å². The molecule has 1 N–H and O–H groups in total. The number of anilines is 3. The molecule has 0 radical (unpaired) electrons. The van der Waals surface area contributed by atoms with Crippen molar-refractivity contribution in [2.45, 2.75) is 37.2 Å². The highest BCUT2D eigenvalue weighted by Crippen LogP contribution is 2.36. The van der Waals surface area contributed by atoms with Gasteiger partial charge in [-0.25, -0.2) is 19.9 Å². The third kappa shape index (κ3) is 4.64. The third-order valence-electron chi connectivity index (χ3n) is 6.69. The molecule has 7 heterocycles. The van der Waals surface area contributed by atoms with Gasteiger partial charge in [0, 0.05) is 37.1 Å². The van der Waals surface area contributed by atoms with E-state index in [1.54, 1.807) is 30.0 Å². The third-order valence-corrected chi connectivity index (χ3v) is 9.45. The molecule has 1 amide bonds. The minimum Gasteiger partial charge on any atom is -0.352 e. The van der Waals surface area contributed by atoms with E-state index < -0.39 is 10.8 Å². The van der Waals surface area contributed by atoms with E-state index in [1.807, 2.05) is 48.4 Å². The van der Waals surface area contributed by atoms with E-state index in [4.69, 9.17) is 0 Å². The van der Waals surface area contributed by atoms with E-state index in [0.29, 0.717) is 16.3 Å². The Hall–Kier alpha value is -3.22. The van der Waals surface area contributed by atoms with Crippen molar-refractivity contribution in [3.63, 3.8) is 0 Å². The van der Waals surface area contributed by atoms with Crippen molar-refractivity contribution in [2.24, 2.45) is 0 Å². The van der Waals surface area contributed by atoms with Gasteiger partial charge in [0.25, 0.3) is 5.91 Å². The number of hydrogen-bond acceptors (Lipinski definition) is 10. The molecule has 0 aliphatic carbocycles. The second-order valence-corrected chi connectivity index (χ2v) is 12.7. The first-order valence-electron chi connectivity index (χ1n) is 11.9. The number of piperidine rings is 1. The van der Waals surface area contributed by atoms with Gasteiger partial charge in [-0.3, -0.25) is 9.00 Å². The van der Waals surface area contributed by atoms with Crippen LogP contribution >= 0.6 is 22.7 Å². The molecular weight excluding hydrogens is 527 g/mol. The smallest absolute Gasteiger partial charge is 0.256 e. The van der Waals surface area contributed by atoms with Crippen LogP contribution in [0.4, 0.5) is 16.8 Å². The SMILES string of the molecule is Cc1nc(C)c(-c2csc(Nc3ccc(C(=O)N4[C@@H]5C[C@H]4CN(c4ccc(S(C)=O)cn4)C5)cn3)n2)s1. The van der Waals surface area contributed by atoms with E-state index >= 15 is 0 Å². The van der Waals surface area contributed by atoms with Crippen molar-refractivity contribution in [2.75, 3.05) is 29.6 Å². The van der Waals surface area contributed by atoms with Crippen LogP contribution in [0.25, 0.3) is 10.6 Å². The molecule has 9 nitrogen and oxygen atoms in total. The van der Waals surface area contributed by atoms with Crippen LogP contribution in [0.15, 0.2) is 46.9 Å². The van der Waals surface area contributed by atoms with Gasteiger partial charge < -0.3 is 15.1 Å². The van der Waals surface area contributed by atoms with Gasteiger partial charge in [0.1, 0.15) is 11.6 Å². The van der Waals surface area contributed by atoms with Gasteiger partial charge in [-0.05, 0) is 44.5 Å². The summed E-state index contributed by atoms with van der Waals surface area (Å²) in [6.45, 7) is 5.47. The molecule has 3 fully saturated rings. The van der Waals surface area contributed by atoms with Gasteiger partial charge in [0.2, 0.25) is 0 Å². The lowest BCUT2D eigenvalue weighted by atomic mass is 9.86. The fraction of sp³-hybridized carbons (Fsp3) is 0.320. The van der Waals surface area contributed by atoms with Gasteiger partial charge in [0.05, 0.1) is 54.6 Å². The summed E-state index contributed by atoms with van der Waals surface area (Å²) in [4.78, 5) is 37.3. The Bertz CT molecular complexity index is 1470. The number of aromatic nitrogens is 4. The second kappa shape index (κ2) is 9.58. The topological polar surface area (TPSA) is 104 Å². The van der Waals surface area contributed by atoms with Crippen LogP contribution in [0, 0.1) is 13.8 Å². The number of carbonyl (C=O) groups excluding carboxylic acids is 1. The van der Waals surface area contributed by atoms with Gasteiger partial charge >= 0.3 is 0 Å². The van der Waals surface area contributed by atoms with Crippen LogP contribution < -0.4 is 10.2 Å². The highest BCUT2D eigenvalue weighted by Gasteiger charge is 2.47. The molecule has 7 rings (SSSR count). The van der Waals surface area contributed by atoms with E-state index in [0.717, 1.165) is 51.7 Å². The van der Waals surface area contributed by atoms with Crippen molar-refractivity contribution in [1.29, 1.82) is 0 Å². The fourth-order valence-corrected chi connectivity index (χ4v) is 7.04. The first kappa shape index (κ1) is 24.1. The molecule has 37 heavy (non-hydrogen) atoms. The molecule has 4 aromatic heterocycles. The van der Waals surface area contributed by atoms with Crippen LogP contribution in [0.5, 0.6) is 0 Å². The minimum atomic E-state index is -1.04. The standard InChI is InChI=1S/C25H25N7O2S3/c1-14-23(36-15(2)28-14)20-13-35-25(29-20)30-21-6-4-16(9-26-21)24(33)32-17-8-18(32)12-31(11-17)22-7-5-19(10-27-22)37(3)34/h4-7,9-10,13,17-18H,8,11-12H2,1-3H3,(H,26,29,30)/t17-,18+,37?. The lowest BCUT2D eigenvalue weighted by Crippen LogP contribution is -2.70. The normalized spacial score (nSPS) is 19.4. The first-order valence-corrected chi connectivity index (χ1v) is 15.1. The number of pyridine rings is 2. The molecule has 1 unspecified atom stereocenters. The summed E-state index contributed by atoms with van der Waals surface area (Å²) < 4.78 is 11.6. The molecule has 3 saturated heterocycles. The predicted molar refractivity (Wildman–Crippen MR) is 147 cm³/mol. The molecule has 3 atom stereocenters. The monoisotopic (exact) mass is 551 g/mol. The van der Waals surface area contributed by atoms with Gasteiger partial charge in [0.15, 0.2) is 5.13 Å². The molecule has 0 aromatic carbocycles. The average Bonchev–Trinajstić information content (AvgIpc) is 3.49. The number of hydrogen-bond donors (Lipinski definition) is 1. The van der Waals surface area contributed by atoms with Crippen LogP contribution in [-0.4, -0.2) is 66.4 Å². The summed E-state index contributed by atoms with van der Waals surface area (Å²) in [6, 6.07) is 7.71. The van der Waals surface area contributed by atoms with E-state index in [9.17, 15) is 9.00 Å². The number of nitrogens with one attached hydrogen (secondary N) is 1. The van der Waals surface area contributed by atoms with Crippen LogP contribution in [0.3, 0.4) is 0 Å². The van der Waals surface area contributed by atoms with Crippen molar-refractivity contribution in [3.05, 3.63) is 58.3 Å². The Balaban J connectivity index is 1.08. The Kier molecular flexibility index (Phi) is 6.25. The van der Waals surface area contributed by atoms with Gasteiger partial charge in [-0.15, -0.1) is 22.7 Å². The summed E-state index contributed by atoms with van der Waals surface area (Å²) in [5, 5.41) is 7.03. The van der Waals surface area contributed by atoms with Crippen molar-refractivity contribution in [1.82, 2.24) is 24.8 Å². The second-order valence-electron chi connectivity index (χ2n) is 9.21. The van der Waals surface area contributed by atoms with E-state index in [2.05, 4.69) is 30.2 Å². The molecular formula is C25H25N7O2S3. The summed E-state index contributed by atoms with van der Waals surface area (Å²) in [7, 11) is -1.04. The molecule has 3 aliphatic rings. The number of thiazole rings is 2. The Morgan fingerprint density at radius 2 is 1.89 bits per heavy atom. The maximum absolute atomic E-state index is 13.2. The van der Waals surface area contributed by atoms with Gasteiger partial charge in [-0.1, -0.05) is 0 Å². The zero-order valence-corrected chi connectivity index (χ0v) is 23.0. The van der Waals surface area contributed by atoms with Gasteiger partial charge in [-0.2, -0.15) is 0 Å². The Morgan fingerprint density at radius 3 is 2.51 bits per heavy atom. The van der Waals surface area contributed by atoms with E-state index in [-0.39, 0.29) is 18.0 Å². The van der Waals surface area contributed by atoms with Crippen LogP contribution in [0.1, 0.15) is 27.5 Å². The molecule has 0 spiro atoms. The lowest BCUT2D eigenvalue weighted by Gasteiger charge is -2.56. The number of fused-ring (bicyclic) bond motifs is 2. The molecule has 4 aromatic rings. The maximum Gasteiger partial charge on any atom is 0.256 e. The Labute approximate surface area is 225 Å². The largest absolute Gasteiger partial charge is 0.352 e.